The summed E-state index contributed by atoms with van der Waals surface area (Å²) < 4.78 is 1.46. The van der Waals surface area contributed by atoms with E-state index in [0.717, 1.165) is 5.56 Å². The normalized spacial score (nSPS) is 11.1. The molecule has 3 rings (SSSR count). The van der Waals surface area contributed by atoms with Crippen molar-refractivity contribution in [2.24, 2.45) is 16.0 Å². The number of nitrogens with one attached hydrogen (secondary N) is 1. The highest BCUT2D eigenvalue weighted by molar-refractivity contribution is 5.98. The number of nitrogens with zero attached hydrogens (tertiary/aromatic N) is 3. The zero-order valence-corrected chi connectivity index (χ0v) is 14.2. The molecule has 0 aliphatic heterocycles. The number of hydrogen-bond acceptors (Lipinski definition) is 3. The predicted octanol–water partition coefficient (Wildman–Crippen LogP) is 1.45. The molecule has 0 saturated carbocycles. The number of benzene rings is 2. The molecule has 26 heavy (non-hydrogen) atoms. The van der Waals surface area contributed by atoms with E-state index in [-0.39, 0.29) is 30.0 Å². The quantitative estimate of drug-likeness (QED) is 0.322. The molecular weight excluding hydrogens is 332 g/mol. The number of anilines is 1. The lowest BCUT2D eigenvalue weighted by molar-refractivity contribution is -0.117. The van der Waals surface area contributed by atoms with Gasteiger partial charge in [0, 0.05) is 16.2 Å². The fraction of sp³-hybridized carbons (Fsp3) is 0.111. The number of aryl methyl sites for hydroxylation is 1. The summed E-state index contributed by atoms with van der Waals surface area (Å²) in [6.45, 7) is 1.88. The first-order chi connectivity index (χ1) is 12.5. The number of para-hydroxylation sites is 1. The van der Waals surface area contributed by atoms with Crippen LogP contribution in [0, 0.1) is 6.92 Å². The van der Waals surface area contributed by atoms with Crippen molar-refractivity contribution in [3.63, 3.8) is 0 Å². The van der Waals surface area contributed by atoms with Crippen LogP contribution in [-0.4, -0.2) is 21.5 Å². The molecule has 0 spiro atoms. The van der Waals surface area contributed by atoms with Gasteiger partial charge in [-0.15, -0.1) is 0 Å². The molecule has 3 aromatic rings. The summed E-state index contributed by atoms with van der Waals surface area (Å²) in [6.07, 6.45) is 0. The van der Waals surface area contributed by atoms with Crippen molar-refractivity contribution in [2.75, 3.05) is 5.32 Å². The van der Waals surface area contributed by atoms with Gasteiger partial charge in [0.05, 0.1) is 5.52 Å². The average molecular weight is 351 g/mol. The Labute approximate surface area is 149 Å². The van der Waals surface area contributed by atoms with Crippen LogP contribution in [0.1, 0.15) is 5.56 Å². The Kier molecular flexibility index (Phi) is 4.66. The highest BCUT2D eigenvalue weighted by atomic mass is 16.3. The van der Waals surface area contributed by atoms with Crippen molar-refractivity contribution in [3.05, 3.63) is 54.1 Å². The molecule has 0 fully saturated rings. The molecule has 0 unspecified atom stereocenters. The lowest BCUT2D eigenvalue weighted by Crippen LogP contribution is -2.43. The number of carbonyl (C=O) groups is 1. The van der Waals surface area contributed by atoms with Gasteiger partial charge in [-0.05, 0) is 25.1 Å². The van der Waals surface area contributed by atoms with Crippen LogP contribution in [0.15, 0.2) is 58.8 Å². The Bertz CT molecular complexity index is 1000. The third-order valence-electron chi connectivity index (χ3n) is 3.82. The van der Waals surface area contributed by atoms with E-state index in [4.69, 9.17) is 11.1 Å². The van der Waals surface area contributed by atoms with Crippen LogP contribution in [0.5, 0.6) is 5.88 Å². The van der Waals surface area contributed by atoms with Crippen molar-refractivity contribution >= 4 is 34.1 Å². The van der Waals surface area contributed by atoms with Gasteiger partial charge in [-0.2, -0.15) is 0 Å². The standard InChI is InChI=1S/C18H18N6O2/c1-11-6-8-12(9-7-11)21-15(25)10-24-14-5-3-2-4-13(14)16(17(24)26)22-23-18(19)20/h2-9,26H,10H2,1H3,(H3,19,20)(H,21,25)/p+1. The average Bonchev–Trinajstić information content (AvgIpc) is 2.87. The van der Waals surface area contributed by atoms with Crippen LogP contribution >= 0.6 is 0 Å². The Hall–Kier alpha value is -3.68. The van der Waals surface area contributed by atoms with Crippen LogP contribution in [0.4, 0.5) is 11.4 Å². The topological polar surface area (TPSA) is 131 Å². The number of aromatic nitrogens is 1. The summed E-state index contributed by atoms with van der Waals surface area (Å²) in [5.41, 5.74) is 7.93. The molecule has 8 heteroatoms. The van der Waals surface area contributed by atoms with Crippen LogP contribution in [0.25, 0.3) is 10.9 Å². The van der Waals surface area contributed by atoms with E-state index in [1.165, 1.54) is 4.57 Å². The van der Waals surface area contributed by atoms with Crippen LogP contribution < -0.4 is 16.5 Å². The molecule has 1 heterocycles. The first-order valence-corrected chi connectivity index (χ1v) is 7.92. The third kappa shape index (κ3) is 3.54. The molecule has 132 valence electrons. The van der Waals surface area contributed by atoms with E-state index in [1.807, 2.05) is 31.2 Å². The van der Waals surface area contributed by atoms with Crippen molar-refractivity contribution in [1.82, 2.24) is 4.57 Å². The molecule has 0 atom stereocenters. The monoisotopic (exact) mass is 351 g/mol. The number of aromatic hydroxyl groups is 1. The number of rotatable bonds is 4. The van der Waals surface area contributed by atoms with Gasteiger partial charge >= 0.3 is 5.96 Å². The maximum atomic E-state index is 12.4. The molecule has 0 aliphatic rings. The predicted molar refractivity (Wildman–Crippen MR) is 99.0 cm³/mol. The maximum Gasteiger partial charge on any atom is 0.403 e. The number of guanidine groups is 1. The van der Waals surface area contributed by atoms with Crippen LogP contribution in [0.3, 0.4) is 0 Å². The second kappa shape index (κ2) is 7.06. The first-order valence-electron chi connectivity index (χ1n) is 7.92. The van der Waals surface area contributed by atoms with Crippen molar-refractivity contribution in [3.8, 4) is 5.88 Å². The molecular formula is C18H19N6O2+. The number of nitrogens with two attached hydrogens (primary N) is 2. The molecule has 8 nitrogen and oxygen atoms in total. The fourth-order valence-corrected chi connectivity index (χ4v) is 2.62. The van der Waals surface area contributed by atoms with Crippen molar-refractivity contribution in [1.29, 1.82) is 0 Å². The Morgan fingerprint density at radius 3 is 2.62 bits per heavy atom. The largest absolute Gasteiger partial charge is 0.493 e. The summed E-state index contributed by atoms with van der Waals surface area (Å²) in [5, 5.41) is 26.7. The third-order valence-corrected chi connectivity index (χ3v) is 3.82. The molecule has 0 saturated heterocycles. The molecule has 2 aromatic carbocycles. The molecule has 1 amide bonds. The number of hydrogen-bond donors (Lipinski definition) is 4. The van der Waals surface area contributed by atoms with Crippen LogP contribution in [-0.2, 0) is 11.3 Å². The van der Waals surface area contributed by atoms with E-state index in [0.29, 0.717) is 16.6 Å². The van der Waals surface area contributed by atoms with Crippen molar-refractivity contribution < 1.29 is 15.3 Å². The van der Waals surface area contributed by atoms with Gasteiger partial charge in [-0.1, -0.05) is 41.0 Å². The van der Waals surface area contributed by atoms with E-state index in [9.17, 15) is 9.90 Å². The molecule has 6 N–H and O–H groups in total. The lowest BCUT2D eigenvalue weighted by atomic mass is 10.2. The highest BCUT2D eigenvalue weighted by Gasteiger charge is 2.19. The fourth-order valence-electron chi connectivity index (χ4n) is 2.62. The molecule has 0 aliphatic carbocycles. The number of azo groups is 1. The van der Waals surface area contributed by atoms with Gasteiger partial charge in [-0.25, -0.2) is 0 Å². The molecule has 0 radical (unpaired) electrons. The summed E-state index contributed by atoms with van der Waals surface area (Å²) in [7, 11) is 0. The van der Waals surface area contributed by atoms with E-state index >= 15 is 0 Å². The van der Waals surface area contributed by atoms with Gasteiger partial charge in [0.25, 0.3) is 0 Å². The zero-order valence-electron chi connectivity index (χ0n) is 14.2. The number of carbonyl (C=O) groups excluding carboxylic acids is 1. The lowest BCUT2D eigenvalue weighted by Gasteiger charge is -2.08. The second-order valence-electron chi connectivity index (χ2n) is 5.81. The number of amides is 1. The Balaban J connectivity index is 1.92. The Morgan fingerprint density at radius 2 is 1.92 bits per heavy atom. The number of fused-ring (bicyclic) bond motifs is 1. The van der Waals surface area contributed by atoms with E-state index in [2.05, 4.69) is 15.5 Å². The van der Waals surface area contributed by atoms with Crippen LogP contribution in [0.2, 0.25) is 0 Å². The molecule has 0 bridgehead atoms. The van der Waals surface area contributed by atoms with E-state index < -0.39 is 0 Å². The Morgan fingerprint density at radius 1 is 1.23 bits per heavy atom. The van der Waals surface area contributed by atoms with Gasteiger partial charge in [0.15, 0.2) is 5.69 Å². The zero-order chi connectivity index (χ0) is 18.7. The maximum absolute atomic E-state index is 12.4. The first kappa shape index (κ1) is 17.2. The summed E-state index contributed by atoms with van der Waals surface area (Å²) in [5.74, 6) is -0.688. The smallest absolute Gasteiger partial charge is 0.403 e. The highest BCUT2D eigenvalue weighted by Crippen LogP contribution is 2.38. The van der Waals surface area contributed by atoms with Gasteiger partial charge in [0.1, 0.15) is 6.54 Å². The second-order valence-corrected chi connectivity index (χ2v) is 5.81. The molecule has 1 aromatic heterocycles. The minimum atomic E-state index is -0.279. The minimum absolute atomic E-state index is 0.0857. The summed E-state index contributed by atoms with van der Waals surface area (Å²) >= 11 is 0. The summed E-state index contributed by atoms with van der Waals surface area (Å²) in [4.78, 5) is 12.4. The van der Waals surface area contributed by atoms with Gasteiger partial charge < -0.3 is 15.0 Å². The van der Waals surface area contributed by atoms with Gasteiger partial charge in [0.2, 0.25) is 11.8 Å². The van der Waals surface area contributed by atoms with Gasteiger partial charge in [-0.3, -0.25) is 15.9 Å². The minimum Gasteiger partial charge on any atom is -0.493 e. The van der Waals surface area contributed by atoms with E-state index in [1.54, 1.807) is 24.3 Å². The summed E-state index contributed by atoms with van der Waals surface area (Å²) in [6, 6.07) is 14.6. The SMILES string of the molecule is Cc1ccc(NC(=O)Cn2c(O)c(N=NC(N)=[NH2+])c3ccccc32)cc1. The van der Waals surface area contributed by atoms with Crippen molar-refractivity contribution in [2.45, 2.75) is 13.5 Å².